The molecule has 0 spiro atoms. The molecule has 3 rings (SSSR count). The summed E-state index contributed by atoms with van der Waals surface area (Å²) in [6.07, 6.45) is 3.16. The molecule has 176 valence electrons. The van der Waals surface area contributed by atoms with Crippen molar-refractivity contribution in [3.8, 4) is 23.0 Å². The molecule has 0 aromatic heterocycles. The van der Waals surface area contributed by atoms with Crippen LogP contribution in [0.3, 0.4) is 0 Å². The van der Waals surface area contributed by atoms with E-state index in [9.17, 15) is 4.79 Å². The van der Waals surface area contributed by atoms with Gasteiger partial charge in [-0.15, -0.1) is 0 Å². The second-order valence-electron chi connectivity index (χ2n) is 7.35. The summed E-state index contributed by atoms with van der Waals surface area (Å²) < 4.78 is 22.1. The van der Waals surface area contributed by atoms with Crippen LogP contribution < -0.4 is 24.4 Å². The molecule has 0 fully saturated rings. The second kappa shape index (κ2) is 12.1. The number of hydrogen-bond donors (Lipinski definition) is 1. The molecule has 0 aliphatic heterocycles. The smallest absolute Gasteiger partial charge is 0.271 e. The zero-order chi connectivity index (χ0) is 24.3. The minimum atomic E-state index is -0.380. The number of methoxy groups -OCH3 is 2. The van der Waals surface area contributed by atoms with Crippen LogP contribution in [0.5, 0.6) is 23.0 Å². The summed E-state index contributed by atoms with van der Waals surface area (Å²) in [5.41, 5.74) is 5.91. The molecule has 7 heteroatoms. The van der Waals surface area contributed by atoms with Gasteiger partial charge >= 0.3 is 0 Å². The van der Waals surface area contributed by atoms with Gasteiger partial charge in [0.05, 0.1) is 20.4 Å². The Morgan fingerprint density at radius 2 is 1.59 bits per heavy atom. The molecule has 7 nitrogen and oxygen atoms in total. The summed E-state index contributed by atoms with van der Waals surface area (Å²) in [6.45, 7) is 6.43. The molecule has 1 N–H and O–H groups in total. The Labute approximate surface area is 199 Å². The molecule has 0 saturated heterocycles. The van der Waals surface area contributed by atoms with Crippen LogP contribution in [-0.2, 0) is 6.61 Å². The fourth-order valence-corrected chi connectivity index (χ4v) is 3.04. The number of hydrazone groups is 1. The highest BCUT2D eigenvalue weighted by Crippen LogP contribution is 2.29. The molecule has 0 unspecified atom stereocenters. The highest BCUT2D eigenvalue weighted by molar-refractivity contribution is 5.95. The second-order valence-corrected chi connectivity index (χ2v) is 7.35. The van der Waals surface area contributed by atoms with Crippen LogP contribution in [0.25, 0.3) is 0 Å². The lowest BCUT2D eigenvalue weighted by Gasteiger charge is -2.11. The summed E-state index contributed by atoms with van der Waals surface area (Å²) in [7, 11) is 3.09. The number of ether oxygens (including phenoxy) is 4. The Kier molecular flexibility index (Phi) is 8.68. The predicted molar refractivity (Wildman–Crippen MR) is 132 cm³/mol. The van der Waals surface area contributed by atoms with E-state index in [2.05, 4.69) is 17.1 Å². The first kappa shape index (κ1) is 24.4. The highest BCUT2D eigenvalue weighted by Gasteiger charge is 2.11. The molecule has 1 amide bonds. The number of carbonyl (C=O) groups is 1. The van der Waals surface area contributed by atoms with Crippen molar-refractivity contribution in [2.75, 3.05) is 20.8 Å². The van der Waals surface area contributed by atoms with E-state index in [-0.39, 0.29) is 5.91 Å². The molecule has 0 heterocycles. The number of nitrogens with one attached hydrogen (secondary N) is 1. The van der Waals surface area contributed by atoms with Gasteiger partial charge in [-0.3, -0.25) is 4.79 Å². The highest BCUT2D eigenvalue weighted by atomic mass is 16.5. The van der Waals surface area contributed by atoms with Gasteiger partial charge in [-0.2, -0.15) is 5.10 Å². The van der Waals surface area contributed by atoms with Gasteiger partial charge in [-0.1, -0.05) is 42.5 Å². The summed E-state index contributed by atoms with van der Waals surface area (Å²) >= 11 is 0. The Morgan fingerprint density at radius 3 is 2.29 bits per heavy atom. The van der Waals surface area contributed by atoms with Crippen molar-refractivity contribution in [2.24, 2.45) is 5.10 Å². The summed E-state index contributed by atoms with van der Waals surface area (Å²) in [5, 5.41) is 4.05. The normalized spacial score (nSPS) is 10.6. The third-order valence-electron chi connectivity index (χ3n) is 4.86. The van der Waals surface area contributed by atoms with Crippen molar-refractivity contribution in [3.63, 3.8) is 0 Å². The van der Waals surface area contributed by atoms with Crippen LogP contribution in [0.4, 0.5) is 0 Å². The first-order valence-corrected chi connectivity index (χ1v) is 10.7. The molecule has 0 radical (unpaired) electrons. The van der Waals surface area contributed by atoms with Gasteiger partial charge in [-0.25, -0.2) is 5.43 Å². The average molecular weight is 461 g/mol. The van der Waals surface area contributed by atoms with Crippen LogP contribution in [-0.4, -0.2) is 32.9 Å². The number of rotatable bonds is 11. The largest absolute Gasteiger partial charge is 0.493 e. The summed E-state index contributed by atoms with van der Waals surface area (Å²) in [4.78, 5) is 12.5. The quantitative estimate of drug-likeness (QED) is 0.250. The lowest BCUT2D eigenvalue weighted by atomic mass is 10.2. The number of benzene rings is 3. The van der Waals surface area contributed by atoms with Crippen molar-refractivity contribution >= 4 is 12.1 Å². The number of amides is 1. The van der Waals surface area contributed by atoms with Gasteiger partial charge in [0, 0.05) is 5.56 Å². The Hall–Kier alpha value is -4.26. The van der Waals surface area contributed by atoms with Gasteiger partial charge in [-0.05, 0) is 54.4 Å². The van der Waals surface area contributed by atoms with Crippen LogP contribution >= 0.6 is 0 Å². The Balaban J connectivity index is 1.62. The number of carbonyl (C=O) groups excluding carboxylic acids is 1. The van der Waals surface area contributed by atoms with Gasteiger partial charge in [0.15, 0.2) is 23.0 Å². The zero-order valence-corrected chi connectivity index (χ0v) is 19.5. The van der Waals surface area contributed by atoms with Crippen molar-refractivity contribution in [1.82, 2.24) is 5.43 Å². The molecule has 0 aliphatic carbocycles. The van der Waals surface area contributed by atoms with Crippen LogP contribution in [0.15, 0.2) is 78.4 Å². The lowest BCUT2D eigenvalue weighted by molar-refractivity contribution is 0.0954. The SMILES string of the molecule is C=CCOc1ccc(C(=O)N/N=C/c2ccc(OCc3ccc(C)cc3)c(OC)c2)cc1OC. The molecule has 3 aromatic rings. The van der Waals surface area contributed by atoms with Crippen molar-refractivity contribution < 1.29 is 23.7 Å². The maximum Gasteiger partial charge on any atom is 0.271 e. The first-order chi connectivity index (χ1) is 16.5. The summed E-state index contributed by atoms with van der Waals surface area (Å²) in [5.74, 6) is 1.79. The van der Waals surface area contributed by atoms with Crippen LogP contribution in [0.2, 0.25) is 0 Å². The third-order valence-corrected chi connectivity index (χ3v) is 4.86. The van der Waals surface area contributed by atoms with E-state index < -0.39 is 0 Å². The minimum absolute atomic E-state index is 0.339. The van der Waals surface area contributed by atoms with Gasteiger partial charge < -0.3 is 18.9 Å². The fraction of sp³-hybridized carbons (Fsp3) is 0.185. The van der Waals surface area contributed by atoms with E-state index in [1.165, 1.54) is 18.9 Å². The maximum absolute atomic E-state index is 12.5. The number of hydrogen-bond acceptors (Lipinski definition) is 6. The minimum Gasteiger partial charge on any atom is -0.493 e. The van der Waals surface area contributed by atoms with E-state index >= 15 is 0 Å². The van der Waals surface area contributed by atoms with Gasteiger partial charge in [0.1, 0.15) is 13.2 Å². The third kappa shape index (κ3) is 6.62. The average Bonchev–Trinajstić information content (AvgIpc) is 2.87. The predicted octanol–water partition coefficient (Wildman–Crippen LogP) is 4.92. The molecular weight excluding hydrogens is 432 g/mol. The summed E-state index contributed by atoms with van der Waals surface area (Å²) in [6, 6.07) is 18.5. The molecule has 3 aromatic carbocycles. The molecular formula is C27H28N2O5. The lowest BCUT2D eigenvalue weighted by Crippen LogP contribution is -2.17. The number of nitrogens with zero attached hydrogens (tertiary/aromatic N) is 1. The van der Waals surface area contributed by atoms with E-state index in [0.29, 0.717) is 41.8 Å². The van der Waals surface area contributed by atoms with Crippen molar-refractivity contribution in [3.05, 3.63) is 95.6 Å². The Bertz CT molecular complexity index is 1160. The molecule has 0 bridgehead atoms. The fourth-order valence-electron chi connectivity index (χ4n) is 3.04. The van der Waals surface area contributed by atoms with Crippen molar-refractivity contribution in [2.45, 2.75) is 13.5 Å². The van der Waals surface area contributed by atoms with Crippen LogP contribution in [0.1, 0.15) is 27.0 Å². The molecule has 34 heavy (non-hydrogen) atoms. The van der Waals surface area contributed by atoms with E-state index in [4.69, 9.17) is 18.9 Å². The molecule has 0 atom stereocenters. The number of aryl methyl sites for hydroxylation is 1. The topological polar surface area (TPSA) is 78.4 Å². The molecule has 0 saturated carbocycles. The van der Waals surface area contributed by atoms with Crippen LogP contribution in [0, 0.1) is 6.92 Å². The monoisotopic (exact) mass is 460 g/mol. The van der Waals surface area contributed by atoms with Gasteiger partial charge in [0.25, 0.3) is 5.91 Å². The maximum atomic E-state index is 12.5. The first-order valence-electron chi connectivity index (χ1n) is 10.7. The zero-order valence-electron chi connectivity index (χ0n) is 19.5. The van der Waals surface area contributed by atoms with E-state index in [1.54, 1.807) is 37.5 Å². The molecule has 0 aliphatic rings. The van der Waals surface area contributed by atoms with Crippen molar-refractivity contribution in [1.29, 1.82) is 0 Å². The van der Waals surface area contributed by atoms with Gasteiger partial charge in [0.2, 0.25) is 0 Å². The standard InChI is InChI=1S/C27H28N2O5/c1-5-14-33-23-13-11-22(16-26(23)32-4)27(30)29-28-17-21-10-12-24(25(15-21)31-3)34-18-20-8-6-19(2)7-9-20/h5-13,15-17H,1,14,18H2,2-4H3,(H,29,30)/b28-17+. The van der Waals surface area contributed by atoms with E-state index in [0.717, 1.165) is 11.1 Å². The van der Waals surface area contributed by atoms with E-state index in [1.807, 2.05) is 43.3 Å². The Morgan fingerprint density at radius 1 is 0.912 bits per heavy atom.